The van der Waals surface area contributed by atoms with E-state index in [-0.39, 0.29) is 10.7 Å². The second-order valence-corrected chi connectivity index (χ2v) is 4.89. The highest BCUT2D eigenvalue weighted by Gasteiger charge is 2.32. The first-order chi connectivity index (χ1) is 8.93. The summed E-state index contributed by atoms with van der Waals surface area (Å²) in [6.45, 7) is 0. The number of pyridine rings is 1. The molecule has 0 aliphatic rings. The number of hydrogen-bond donors (Lipinski definition) is 0. The summed E-state index contributed by atoms with van der Waals surface area (Å²) in [5.41, 5.74) is -0.125. The Bertz CT molecular complexity index is 617. The van der Waals surface area contributed by atoms with E-state index in [9.17, 15) is 13.2 Å². The fraction of sp³-hybridized carbons (Fsp3) is 0.167. The van der Waals surface area contributed by atoms with Gasteiger partial charge in [-0.15, -0.1) is 0 Å². The zero-order valence-corrected chi connectivity index (χ0v) is 10.9. The highest BCUT2D eigenvalue weighted by molar-refractivity contribution is 7.08. The number of halogens is 4. The van der Waals surface area contributed by atoms with Crippen LogP contribution in [0.5, 0.6) is 0 Å². The molecule has 1 atom stereocenters. The van der Waals surface area contributed by atoms with Crippen LogP contribution in [0.3, 0.4) is 0 Å². The molecule has 0 aliphatic carbocycles. The molecule has 0 N–H and O–H groups in total. The summed E-state index contributed by atoms with van der Waals surface area (Å²) in [5.74, 6) is -0.763. The molecule has 0 radical (unpaired) electrons. The molecule has 2 rings (SSSR count). The Labute approximate surface area is 116 Å². The molecule has 2 aromatic heterocycles. The minimum atomic E-state index is -4.50. The molecule has 0 saturated heterocycles. The molecule has 0 spiro atoms. The molecule has 0 aliphatic heterocycles. The number of alkyl halides is 3. The molecule has 19 heavy (non-hydrogen) atoms. The third-order valence-corrected chi connectivity index (χ3v) is 3.48. The standard InChI is InChI=1S/C12H6ClF3N2S/c13-10-3-8(12(14,15)16)5-18-11(10)9(4-17)7-1-2-19-6-7/h1-3,5-6,9H/t9-/m0/s1. The zero-order valence-electron chi connectivity index (χ0n) is 9.28. The van der Waals surface area contributed by atoms with Crippen LogP contribution in [-0.4, -0.2) is 4.98 Å². The summed E-state index contributed by atoms with van der Waals surface area (Å²) in [7, 11) is 0. The smallest absolute Gasteiger partial charge is 0.257 e. The summed E-state index contributed by atoms with van der Waals surface area (Å²) in [4.78, 5) is 3.70. The van der Waals surface area contributed by atoms with Crippen molar-refractivity contribution in [2.24, 2.45) is 0 Å². The van der Waals surface area contributed by atoms with Gasteiger partial charge in [-0.2, -0.15) is 29.8 Å². The van der Waals surface area contributed by atoms with Gasteiger partial charge in [0.1, 0.15) is 5.92 Å². The number of thiophene rings is 1. The van der Waals surface area contributed by atoms with Crippen LogP contribution in [0.25, 0.3) is 0 Å². The van der Waals surface area contributed by atoms with Gasteiger partial charge in [-0.3, -0.25) is 4.98 Å². The molecule has 0 fully saturated rings. The topological polar surface area (TPSA) is 36.7 Å². The summed E-state index contributed by atoms with van der Waals surface area (Å²) in [6.07, 6.45) is -3.81. The number of rotatable bonds is 2. The maximum atomic E-state index is 12.5. The maximum absolute atomic E-state index is 12.5. The van der Waals surface area contributed by atoms with Crippen molar-refractivity contribution in [1.82, 2.24) is 4.98 Å². The summed E-state index contributed by atoms with van der Waals surface area (Å²) < 4.78 is 37.5. The van der Waals surface area contributed by atoms with Crippen LogP contribution in [0.1, 0.15) is 22.7 Å². The van der Waals surface area contributed by atoms with Gasteiger partial charge in [-0.1, -0.05) is 11.6 Å². The van der Waals surface area contributed by atoms with E-state index in [2.05, 4.69) is 4.98 Å². The van der Waals surface area contributed by atoms with E-state index in [0.717, 1.165) is 6.07 Å². The molecular formula is C12H6ClF3N2S. The number of aromatic nitrogens is 1. The van der Waals surface area contributed by atoms with E-state index in [4.69, 9.17) is 16.9 Å². The third kappa shape index (κ3) is 2.88. The fourth-order valence-electron chi connectivity index (χ4n) is 1.55. The Morgan fingerprint density at radius 1 is 1.42 bits per heavy atom. The molecular weight excluding hydrogens is 297 g/mol. The zero-order chi connectivity index (χ0) is 14.0. The number of hydrogen-bond acceptors (Lipinski definition) is 3. The predicted molar refractivity (Wildman–Crippen MR) is 66.0 cm³/mol. The second kappa shape index (κ2) is 5.19. The van der Waals surface area contributed by atoms with Crippen LogP contribution >= 0.6 is 22.9 Å². The van der Waals surface area contributed by atoms with Crippen molar-refractivity contribution in [3.8, 4) is 6.07 Å². The molecule has 2 aromatic rings. The van der Waals surface area contributed by atoms with Crippen LogP contribution in [0.2, 0.25) is 5.02 Å². The van der Waals surface area contributed by atoms with Crippen molar-refractivity contribution >= 4 is 22.9 Å². The van der Waals surface area contributed by atoms with Gasteiger partial charge in [0.2, 0.25) is 0 Å². The van der Waals surface area contributed by atoms with Gasteiger partial charge in [0.15, 0.2) is 0 Å². The first-order valence-corrected chi connectivity index (χ1v) is 6.40. The molecule has 98 valence electrons. The van der Waals surface area contributed by atoms with E-state index in [0.29, 0.717) is 11.8 Å². The average molecular weight is 303 g/mol. The van der Waals surface area contributed by atoms with Gasteiger partial charge < -0.3 is 0 Å². The summed E-state index contributed by atoms with van der Waals surface area (Å²) in [6, 6.07) is 4.51. The van der Waals surface area contributed by atoms with Crippen molar-refractivity contribution in [2.75, 3.05) is 0 Å². The van der Waals surface area contributed by atoms with Crippen LogP contribution in [-0.2, 0) is 6.18 Å². The lowest BCUT2D eigenvalue weighted by atomic mass is 9.99. The van der Waals surface area contributed by atoms with E-state index in [1.165, 1.54) is 11.3 Å². The van der Waals surface area contributed by atoms with E-state index in [1.54, 1.807) is 16.8 Å². The van der Waals surface area contributed by atoms with Gasteiger partial charge >= 0.3 is 6.18 Å². The Morgan fingerprint density at radius 3 is 2.63 bits per heavy atom. The van der Waals surface area contributed by atoms with Crippen LogP contribution < -0.4 is 0 Å². The van der Waals surface area contributed by atoms with Crippen molar-refractivity contribution in [3.63, 3.8) is 0 Å². The van der Waals surface area contributed by atoms with Crippen molar-refractivity contribution in [1.29, 1.82) is 5.26 Å². The van der Waals surface area contributed by atoms with Crippen LogP contribution in [0, 0.1) is 11.3 Å². The highest BCUT2D eigenvalue weighted by Crippen LogP contribution is 2.34. The minimum Gasteiger partial charge on any atom is -0.257 e. The molecule has 2 nitrogen and oxygen atoms in total. The van der Waals surface area contributed by atoms with Crippen molar-refractivity contribution < 1.29 is 13.2 Å². The van der Waals surface area contributed by atoms with E-state index >= 15 is 0 Å². The number of nitriles is 1. The first-order valence-electron chi connectivity index (χ1n) is 5.08. The molecule has 0 bridgehead atoms. The fourth-order valence-corrected chi connectivity index (χ4v) is 2.51. The quantitative estimate of drug-likeness (QED) is 0.820. The summed E-state index contributed by atoms with van der Waals surface area (Å²) >= 11 is 7.20. The number of nitrogens with zero attached hydrogens (tertiary/aromatic N) is 2. The second-order valence-electron chi connectivity index (χ2n) is 3.71. The molecule has 0 saturated carbocycles. The lowest BCUT2D eigenvalue weighted by Crippen LogP contribution is -2.08. The normalized spacial score (nSPS) is 13.0. The first kappa shape index (κ1) is 13.8. The van der Waals surface area contributed by atoms with E-state index < -0.39 is 17.7 Å². The van der Waals surface area contributed by atoms with Gasteiger partial charge in [0.25, 0.3) is 0 Å². The Hall–Kier alpha value is -1.58. The molecule has 2 heterocycles. The van der Waals surface area contributed by atoms with Gasteiger partial charge in [0.05, 0.1) is 22.3 Å². The molecule has 0 aromatic carbocycles. The van der Waals surface area contributed by atoms with Crippen molar-refractivity contribution in [2.45, 2.75) is 12.1 Å². The largest absolute Gasteiger partial charge is 0.417 e. The highest BCUT2D eigenvalue weighted by atomic mass is 35.5. The van der Waals surface area contributed by atoms with Crippen LogP contribution in [0.15, 0.2) is 29.1 Å². The average Bonchev–Trinajstić information content (AvgIpc) is 2.84. The minimum absolute atomic E-state index is 0.135. The van der Waals surface area contributed by atoms with Gasteiger partial charge in [-0.25, -0.2) is 0 Å². The van der Waals surface area contributed by atoms with E-state index in [1.807, 2.05) is 6.07 Å². The molecule has 0 unspecified atom stereocenters. The Morgan fingerprint density at radius 2 is 2.16 bits per heavy atom. The summed E-state index contributed by atoms with van der Waals surface area (Å²) in [5, 5.41) is 12.5. The monoisotopic (exact) mass is 302 g/mol. The predicted octanol–water partition coefficient (Wildman–Crippen LogP) is 4.47. The maximum Gasteiger partial charge on any atom is 0.417 e. The van der Waals surface area contributed by atoms with Crippen molar-refractivity contribution in [3.05, 3.63) is 50.9 Å². The molecule has 0 amide bonds. The Balaban J connectivity index is 2.44. The van der Waals surface area contributed by atoms with Gasteiger partial charge in [0, 0.05) is 6.20 Å². The lowest BCUT2D eigenvalue weighted by molar-refractivity contribution is -0.137. The van der Waals surface area contributed by atoms with Gasteiger partial charge in [-0.05, 0) is 28.5 Å². The lowest BCUT2D eigenvalue weighted by Gasteiger charge is -2.12. The van der Waals surface area contributed by atoms with Crippen LogP contribution in [0.4, 0.5) is 13.2 Å². The Kier molecular flexibility index (Phi) is 3.78. The molecule has 7 heteroatoms. The third-order valence-electron chi connectivity index (χ3n) is 2.48. The SMILES string of the molecule is N#C[C@@H](c1ccsc1)c1ncc(C(F)(F)F)cc1Cl.